The number of rotatable bonds is 9. The summed E-state index contributed by atoms with van der Waals surface area (Å²) in [7, 11) is 1.45. The average Bonchev–Trinajstić information content (AvgIpc) is 3.32. The van der Waals surface area contributed by atoms with E-state index in [4.69, 9.17) is 20.4 Å². The summed E-state index contributed by atoms with van der Waals surface area (Å²) >= 11 is 1.16. The minimum atomic E-state index is -0.336. The number of aromatic nitrogens is 1. The van der Waals surface area contributed by atoms with E-state index in [1.165, 1.54) is 18.9 Å². The molecule has 0 aliphatic carbocycles. The minimum absolute atomic E-state index is 0.122. The largest absolute Gasteiger partial charge is 0.762 e. The highest BCUT2D eigenvalue weighted by Gasteiger charge is 2.26. The number of nitrogens with one attached hydrogen (secondary N) is 1. The van der Waals surface area contributed by atoms with Gasteiger partial charge in [0.15, 0.2) is 5.13 Å². The fourth-order valence-corrected chi connectivity index (χ4v) is 6.05. The number of ether oxygens (including phenoxy) is 2. The molecule has 2 aliphatic heterocycles. The molecule has 11 nitrogen and oxygen atoms in total. The molecule has 0 bridgehead atoms. The van der Waals surface area contributed by atoms with Gasteiger partial charge in [0.25, 0.3) is 0 Å². The Kier molecular flexibility index (Phi) is 8.60. The molecule has 1 aromatic heterocycles. The van der Waals surface area contributed by atoms with Gasteiger partial charge in [-0.3, -0.25) is 14.9 Å². The van der Waals surface area contributed by atoms with E-state index in [-0.39, 0.29) is 28.2 Å². The zero-order valence-corrected chi connectivity index (χ0v) is 22.7. The van der Waals surface area contributed by atoms with E-state index in [1.54, 1.807) is 12.1 Å². The van der Waals surface area contributed by atoms with Crippen molar-refractivity contribution in [3.63, 3.8) is 0 Å². The van der Waals surface area contributed by atoms with Crippen LogP contribution in [0.15, 0.2) is 42.5 Å². The van der Waals surface area contributed by atoms with E-state index in [1.807, 2.05) is 12.1 Å². The third kappa shape index (κ3) is 6.49. The van der Waals surface area contributed by atoms with Crippen LogP contribution in [0.1, 0.15) is 33.6 Å². The number of nitrogens with two attached hydrogens (primary N) is 1. The third-order valence-corrected chi connectivity index (χ3v) is 8.20. The standard InChI is InChI=1S/C27H33N6O5S/c1-37-23-7-2-18(16-19(23)17-33(35)36)24(34)25-26(28)30-27(39-25)29-20-3-5-21(6-4-20)31-10-8-22(9-11-31)32-12-14-38-15-13-32/h2-7,16,22,35H,8-15,17,28H2,1H3,(H,29,30)/q-1. The summed E-state index contributed by atoms with van der Waals surface area (Å²) in [5, 5.41) is 23.8. The fraction of sp³-hybridized carbons (Fsp3) is 0.407. The number of hydroxylamine groups is 2. The van der Waals surface area contributed by atoms with E-state index in [0.717, 1.165) is 69.3 Å². The lowest BCUT2D eigenvalue weighted by Gasteiger charge is -2.40. The molecule has 4 N–H and O–H groups in total. The van der Waals surface area contributed by atoms with Crippen LogP contribution in [0.25, 0.3) is 0 Å². The van der Waals surface area contributed by atoms with Gasteiger partial charge in [-0.05, 0) is 55.3 Å². The molecule has 2 fully saturated rings. The zero-order chi connectivity index (χ0) is 27.4. The first-order chi connectivity index (χ1) is 18.9. The molecule has 0 spiro atoms. The summed E-state index contributed by atoms with van der Waals surface area (Å²) in [6.45, 7) is 5.46. The second-order valence-electron chi connectivity index (χ2n) is 9.64. The molecule has 2 aliphatic rings. The predicted molar refractivity (Wildman–Crippen MR) is 151 cm³/mol. The molecule has 0 saturated carbocycles. The Bertz CT molecular complexity index is 1270. The van der Waals surface area contributed by atoms with E-state index < -0.39 is 0 Å². The first-order valence-corrected chi connectivity index (χ1v) is 13.8. The zero-order valence-electron chi connectivity index (χ0n) is 21.8. The third-order valence-electron chi connectivity index (χ3n) is 7.22. The number of ketones is 1. The number of nitrogens with zero attached hydrogens (tertiary/aromatic N) is 4. The van der Waals surface area contributed by atoms with Gasteiger partial charge in [-0.1, -0.05) is 11.3 Å². The van der Waals surface area contributed by atoms with Gasteiger partial charge < -0.3 is 35.8 Å². The highest BCUT2D eigenvalue weighted by Crippen LogP contribution is 2.32. The Morgan fingerprint density at radius 2 is 1.92 bits per heavy atom. The summed E-state index contributed by atoms with van der Waals surface area (Å²) in [5.41, 5.74) is 8.82. The van der Waals surface area contributed by atoms with E-state index in [9.17, 15) is 10.0 Å². The van der Waals surface area contributed by atoms with Gasteiger partial charge in [-0.15, -0.1) is 0 Å². The molecule has 5 rings (SSSR count). The van der Waals surface area contributed by atoms with Crippen molar-refractivity contribution < 1.29 is 19.5 Å². The maximum Gasteiger partial charge on any atom is 0.206 e. The predicted octanol–water partition coefficient (Wildman–Crippen LogP) is 3.70. The van der Waals surface area contributed by atoms with Crippen LogP contribution in [-0.4, -0.2) is 78.6 Å². The minimum Gasteiger partial charge on any atom is -0.762 e. The number of hydrogen-bond acceptors (Lipinski definition) is 12. The van der Waals surface area contributed by atoms with Crippen molar-refractivity contribution in [3.8, 4) is 5.75 Å². The SMILES string of the molecule is COc1ccc(C(=O)c2sc(Nc3ccc(N4CCC(N5CCOCC5)CC4)cc3)nc2N)cc1CN([O-])O. The highest BCUT2D eigenvalue weighted by molar-refractivity contribution is 7.18. The Morgan fingerprint density at radius 3 is 2.59 bits per heavy atom. The molecule has 39 heavy (non-hydrogen) atoms. The highest BCUT2D eigenvalue weighted by atomic mass is 32.1. The number of morpholine rings is 1. The Hall–Kier alpha value is -3.26. The lowest BCUT2D eigenvalue weighted by Crippen LogP contribution is -2.49. The van der Waals surface area contributed by atoms with Gasteiger partial charge in [0.2, 0.25) is 5.78 Å². The summed E-state index contributed by atoms with van der Waals surface area (Å²) in [6.07, 6.45) is 2.31. The van der Waals surface area contributed by atoms with Crippen molar-refractivity contribution in [1.29, 1.82) is 0 Å². The van der Waals surface area contributed by atoms with Crippen LogP contribution >= 0.6 is 11.3 Å². The van der Waals surface area contributed by atoms with Gasteiger partial charge in [0.05, 0.1) is 20.3 Å². The van der Waals surface area contributed by atoms with Crippen LogP contribution in [0.4, 0.5) is 22.3 Å². The molecule has 3 heterocycles. The molecule has 0 amide bonds. The molecular formula is C27H33N6O5S-. The molecule has 12 heteroatoms. The number of methoxy groups -OCH3 is 1. The number of carbonyl (C=O) groups excluding carboxylic acids is 1. The number of benzene rings is 2. The van der Waals surface area contributed by atoms with E-state index in [2.05, 4.69) is 32.2 Å². The Morgan fingerprint density at radius 1 is 1.21 bits per heavy atom. The van der Waals surface area contributed by atoms with Crippen LogP contribution in [0, 0.1) is 5.21 Å². The number of piperidine rings is 1. The topological polar surface area (TPSA) is 139 Å². The second kappa shape index (κ2) is 12.3. The number of hydrogen-bond donors (Lipinski definition) is 3. The molecule has 0 unspecified atom stereocenters. The Balaban J connectivity index is 1.21. The number of carbonyl (C=O) groups is 1. The van der Waals surface area contributed by atoms with Crippen LogP contribution in [0.3, 0.4) is 0 Å². The summed E-state index contributed by atoms with van der Waals surface area (Å²) in [4.78, 5) is 22.8. The summed E-state index contributed by atoms with van der Waals surface area (Å²) in [6, 6.07) is 13.5. The second-order valence-corrected chi connectivity index (χ2v) is 10.6. The van der Waals surface area contributed by atoms with Crippen molar-refractivity contribution in [1.82, 2.24) is 15.1 Å². The molecule has 3 aromatic rings. The van der Waals surface area contributed by atoms with E-state index >= 15 is 0 Å². The average molecular weight is 554 g/mol. The lowest BCUT2D eigenvalue weighted by atomic mass is 10.0. The first kappa shape index (κ1) is 27.3. The summed E-state index contributed by atoms with van der Waals surface area (Å²) < 4.78 is 10.7. The summed E-state index contributed by atoms with van der Waals surface area (Å²) in [5.74, 6) is 0.191. The molecular weight excluding hydrogens is 520 g/mol. The monoisotopic (exact) mass is 553 g/mol. The molecule has 2 aromatic carbocycles. The van der Waals surface area contributed by atoms with Crippen LogP contribution in [-0.2, 0) is 11.3 Å². The van der Waals surface area contributed by atoms with Crippen molar-refractivity contribution in [2.75, 3.05) is 62.5 Å². The number of anilines is 4. The van der Waals surface area contributed by atoms with Gasteiger partial charge in [0.1, 0.15) is 16.4 Å². The fourth-order valence-electron chi connectivity index (χ4n) is 5.18. The maximum atomic E-state index is 13.2. The molecule has 0 radical (unpaired) electrons. The number of nitrogen functional groups attached to an aromatic ring is 1. The molecule has 0 atom stereocenters. The quantitative estimate of drug-likeness (QED) is 0.264. The van der Waals surface area contributed by atoms with Crippen LogP contribution in [0.2, 0.25) is 0 Å². The normalized spacial score (nSPS) is 17.0. The Labute approximate surface area is 231 Å². The van der Waals surface area contributed by atoms with Gasteiger partial charge in [-0.25, -0.2) is 4.98 Å². The van der Waals surface area contributed by atoms with Crippen molar-refractivity contribution in [3.05, 3.63) is 63.7 Å². The van der Waals surface area contributed by atoms with Crippen molar-refractivity contribution in [2.24, 2.45) is 0 Å². The number of thiazole rings is 1. The van der Waals surface area contributed by atoms with Gasteiger partial charge in [0, 0.05) is 61.3 Å². The van der Waals surface area contributed by atoms with Crippen LogP contribution in [0.5, 0.6) is 5.75 Å². The maximum absolute atomic E-state index is 13.2. The van der Waals surface area contributed by atoms with Gasteiger partial charge in [-0.2, -0.15) is 0 Å². The first-order valence-electron chi connectivity index (χ1n) is 13.0. The van der Waals surface area contributed by atoms with E-state index in [0.29, 0.717) is 28.0 Å². The van der Waals surface area contributed by atoms with Gasteiger partial charge >= 0.3 is 0 Å². The molecule has 208 valence electrons. The van der Waals surface area contributed by atoms with Crippen molar-refractivity contribution in [2.45, 2.75) is 25.4 Å². The van der Waals surface area contributed by atoms with Crippen LogP contribution < -0.4 is 20.7 Å². The lowest BCUT2D eigenvalue weighted by molar-refractivity contribution is -0.0492. The molecule has 2 saturated heterocycles. The smallest absolute Gasteiger partial charge is 0.206 e. The van der Waals surface area contributed by atoms with Crippen molar-refractivity contribution >= 4 is 39.4 Å².